The minimum atomic E-state index is 0.394. The van der Waals surface area contributed by atoms with Crippen molar-refractivity contribution >= 4 is 32.6 Å². The second-order valence-electron chi connectivity index (χ2n) is 5.63. The number of piperazine rings is 1. The Kier molecular flexibility index (Phi) is 4.07. The number of thiazole rings is 1. The number of methoxy groups -OCH3 is 1. The molecule has 7 nitrogen and oxygen atoms in total. The summed E-state index contributed by atoms with van der Waals surface area (Å²) >= 11 is 1.68. The topological polar surface area (TPSA) is 78.2 Å². The number of nitrogens with zero attached hydrogens (tertiary/aromatic N) is 6. The lowest BCUT2D eigenvalue weighted by Gasteiger charge is -2.34. The molecule has 0 unspecified atom stereocenters. The molecule has 3 heterocycles. The molecule has 1 aromatic carbocycles. The third kappa shape index (κ3) is 2.94. The highest BCUT2D eigenvalue weighted by atomic mass is 32.1. The summed E-state index contributed by atoms with van der Waals surface area (Å²) in [6.07, 6.45) is 1.63. The molecule has 1 aliphatic heterocycles. The number of nitriles is 1. The molecule has 25 heavy (non-hydrogen) atoms. The smallest absolute Gasteiger partial charge is 0.226 e. The molecule has 0 atom stereocenters. The van der Waals surface area contributed by atoms with E-state index in [0.717, 1.165) is 47.3 Å². The van der Waals surface area contributed by atoms with Gasteiger partial charge in [-0.25, -0.2) is 15.0 Å². The van der Waals surface area contributed by atoms with Gasteiger partial charge in [-0.15, -0.1) is 0 Å². The van der Waals surface area contributed by atoms with Gasteiger partial charge in [0.1, 0.15) is 23.0 Å². The maximum Gasteiger partial charge on any atom is 0.226 e. The molecule has 2 aromatic heterocycles. The van der Waals surface area contributed by atoms with Gasteiger partial charge in [0, 0.05) is 32.4 Å². The number of benzene rings is 1. The van der Waals surface area contributed by atoms with Crippen molar-refractivity contribution < 1.29 is 4.74 Å². The number of anilines is 2. The van der Waals surface area contributed by atoms with Crippen LogP contribution >= 0.6 is 11.3 Å². The molecule has 1 fully saturated rings. The van der Waals surface area contributed by atoms with Crippen molar-refractivity contribution in [2.75, 3.05) is 43.1 Å². The lowest BCUT2D eigenvalue weighted by atomic mass is 10.3. The zero-order valence-corrected chi connectivity index (χ0v) is 14.5. The van der Waals surface area contributed by atoms with Crippen LogP contribution < -0.4 is 14.5 Å². The van der Waals surface area contributed by atoms with Crippen LogP contribution in [0.4, 0.5) is 11.1 Å². The summed E-state index contributed by atoms with van der Waals surface area (Å²) < 4.78 is 6.53. The summed E-state index contributed by atoms with van der Waals surface area (Å²) in [5.74, 6) is 1.42. The Morgan fingerprint density at radius 3 is 2.68 bits per heavy atom. The standard InChI is InChI=1S/C17H16N6OS/c1-24-13-3-2-4-14-15(13)21-17(25-14)23-9-7-22(8-10-23)16-19-6-5-12(11-18)20-16/h2-6H,7-10H2,1H3. The fraction of sp³-hybridized carbons (Fsp3) is 0.294. The molecular formula is C17H16N6OS. The number of ether oxygens (including phenoxy) is 1. The third-order valence-electron chi connectivity index (χ3n) is 4.18. The fourth-order valence-electron chi connectivity index (χ4n) is 2.87. The number of fused-ring (bicyclic) bond motifs is 1. The van der Waals surface area contributed by atoms with E-state index in [1.165, 1.54) is 0 Å². The Balaban J connectivity index is 1.51. The minimum absolute atomic E-state index is 0.394. The van der Waals surface area contributed by atoms with E-state index in [0.29, 0.717) is 11.6 Å². The minimum Gasteiger partial charge on any atom is -0.494 e. The van der Waals surface area contributed by atoms with Gasteiger partial charge in [0.15, 0.2) is 5.13 Å². The van der Waals surface area contributed by atoms with Gasteiger partial charge in [0.05, 0.1) is 11.8 Å². The van der Waals surface area contributed by atoms with E-state index in [2.05, 4.69) is 31.9 Å². The summed E-state index contributed by atoms with van der Waals surface area (Å²) in [5, 5.41) is 9.98. The number of aromatic nitrogens is 3. The van der Waals surface area contributed by atoms with E-state index in [9.17, 15) is 0 Å². The molecule has 0 bridgehead atoms. The summed E-state index contributed by atoms with van der Waals surface area (Å²) in [7, 11) is 1.67. The van der Waals surface area contributed by atoms with Crippen molar-refractivity contribution in [3.63, 3.8) is 0 Å². The van der Waals surface area contributed by atoms with E-state index < -0.39 is 0 Å². The highest BCUT2D eigenvalue weighted by Gasteiger charge is 2.22. The van der Waals surface area contributed by atoms with Crippen LogP contribution in [-0.4, -0.2) is 48.2 Å². The summed E-state index contributed by atoms with van der Waals surface area (Å²) in [6.45, 7) is 3.26. The van der Waals surface area contributed by atoms with E-state index in [4.69, 9.17) is 15.0 Å². The van der Waals surface area contributed by atoms with E-state index in [-0.39, 0.29) is 0 Å². The zero-order valence-electron chi connectivity index (χ0n) is 13.7. The highest BCUT2D eigenvalue weighted by Crippen LogP contribution is 2.34. The van der Waals surface area contributed by atoms with Crippen LogP contribution in [0.3, 0.4) is 0 Å². The van der Waals surface area contributed by atoms with Gasteiger partial charge in [-0.05, 0) is 18.2 Å². The van der Waals surface area contributed by atoms with Crippen LogP contribution in [0.2, 0.25) is 0 Å². The Labute approximate surface area is 149 Å². The second kappa shape index (κ2) is 6.53. The van der Waals surface area contributed by atoms with E-state index in [1.54, 1.807) is 30.7 Å². The number of hydrogen-bond donors (Lipinski definition) is 0. The van der Waals surface area contributed by atoms with Gasteiger partial charge < -0.3 is 14.5 Å². The Morgan fingerprint density at radius 1 is 1.12 bits per heavy atom. The van der Waals surface area contributed by atoms with E-state index >= 15 is 0 Å². The first-order valence-corrected chi connectivity index (χ1v) is 8.77. The molecule has 0 radical (unpaired) electrons. The molecule has 3 aromatic rings. The maximum atomic E-state index is 8.98. The van der Waals surface area contributed by atoms with Crippen molar-refractivity contribution in [2.24, 2.45) is 0 Å². The molecular weight excluding hydrogens is 336 g/mol. The monoisotopic (exact) mass is 352 g/mol. The predicted molar refractivity (Wildman–Crippen MR) is 97.3 cm³/mol. The van der Waals surface area contributed by atoms with Crippen molar-refractivity contribution in [2.45, 2.75) is 0 Å². The quantitative estimate of drug-likeness (QED) is 0.715. The lowest BCUT2D eigenvalue weighted by molar-refractivity contribution is 0.419. The van der Waals surface area contributed by atoms with Crippen LogP contribution in [0.15, 0.2) is 30.5 Å². The molecule has 0 aliphatic carbocycles. The first kappa shape index (κ1) is 15.6. The number of hydrogen-bond acceptors (Lipinski definition) is 8. The van der Waals surface area contributed by atoms with Gasteiger partial charge in [-0.3, -0.25) is 0 Å². The first-order chi connectivity index (χ1) is 12.3. The van der Waals surface area contributed by atoms with Crippen molar-refractivity contribution in [1.82, 2.24) is 15.0 Å². The zero-order chi connectivity index (χ0) is 17.2. The first-order valence-electron chi connectivity index (χ1n) is 7.95. The van der Waals surface area contributed by atoms with E-state index in [1.807, 2.05) is 12.1 Å². The van der Waals surface area contributed by atoms with Crippen LogP contribution in [0.5, 0.6) is 5.75 Å². The SMILES string of the molecule is COc1cccc2sc(N3CCN(c4nccc(C#N)n4)CC3)nc12. The molecule has 0 saturated carbocycles. The van der Waals surface area contributed by atoms with Gasteiger partial charge in [-0.2, -0.15) is 5.26 Å². The van der Waals surface area contributed by atoms with Gasteiger partial charge >= 0.3 is 0 Å². The van der Waals surface area contributed by atoms with Crippen LogP contribution in [-0.2, 0) is 0 Å². The molecule has 126 valence electrons. The van der Waals surface area contributed by atoms with Crippen molar-refractivity contribution in [3.05, 3.63) is 36.2 Å². The largest absolute Gasteiger partial charge is 0.494 e. The Hall–Kier alpha value is -2.92. The average molecular weight is 352 g/mol. The van der Waals surface area contributed by atoms with Crippen molar-refractivity contribution in [3.8, 4) is 11.8 Å². The molecule has 0 spiro atoms. The fourth-order valence-corrected chi connectivity index (χ4v) is 3.91. The van der Waals surface area contributed by atoms with Crippen LogP contribution in [0.25, 0.3) is 10.2 Å². The molecule has 1 saturated heterocycles. The van der Waals surface area contributed by atoms with Crippen LogP contribution in [0, 0.1) is 11.3 Å². The molecule has 4 rings (SSSR count). The summed E-state index contributed by atoms with van der Waals surface area (Å²) in [5.41, 5.74) is 1.31. The molecule has 1 aliphatic rings. The van der Waals surface area contributed by atoms with Gasteiger partial charge in [-0.1, -0.05) is 17.4 Å². The molecule has 0 N–H and O–H groups in total. The van der Waals surface area contributed by atoms with Gasteiger partial charge in [0.25, 0.3) is 0 Å². The Bertz CT molecular complexity index is 942. The molecule has 0 amide bonds. The van der Waals surface area contributed by atoms with Crippen LogP contribution in [0.1, 0.15) is 5.69 Å². The Morgan fingerprint density at radius 2 is 1.92 bits per heavy atom. The van der Waals surface area contributed by atoms with Crippen molar-refractivity contribution in [1.29, 1.82) is 5.26 Å². The van der Waals surface area contributed by atoms with Gasteiger partial charge in [0.2, 0.25) is 5.95 Å². The normalized spacial score (nSPS) is 14.6. The predicted octanol–water partition coefficient (Wildman–Crippen LogP) is 2.29. The number of para-hydroxylation sites is 1. The summed E-state index contributed by atoms with van der Waals surface area (Å²) in [4.78, 5) is 17.7. The molecule has 8 heteroatoms. The second-order valence-corrected chi connectivity index (χ2v) is 6.64. The summed E-state index contributed by atoms with van der Waals surface area (Å²) in [6, 6.07) is 9.66. The number of rotatable bonds is 3. The maximum absolute atomic E-state index is 8.98. The third-order valence-corrected chi connectivity index (χ3v) is 5.26. The highest BCUT2D eigenvalue weighted by molar-refractivity contribution is 7.22. The lowest BCUT2D eigenvalue weighted by Crippen LogP contribution is -2.47. The average Bonchev–Trinajstić information content (AvgIpc) is 3.12.